The molecular weight excluding hydrogens is 262 g/mol. The van der Waals surface area contributed by atoms with Crippen LogP contribution in [0.1, 0.15) is 29.6 Å². The summed E-state index contributed by atoms with van der Waals surface area (Å²) < 4.78 is 8.84. The molecule has 0 aromatic carbocycles. The van der Waals surface area contributed by atoms with E-state index in [0.29, 0.717) is 11.6 Å². The van der Waals surface area contributed by atoms with Gasteiger partial charge in [-0.05, 0) is 54.5 Å². The number of nitrogens with one attached hydrogen (secondary N) is 1. The molecule has 4 rings (SSSR count). The zero-order valence-electron chi connectivity index (χ0n) is 10.8. The predicted molar refractivity (Wildman–Crippen MR) is 73.1 cm³/mol. The highest BCUT2D eigenvalue weighted by molar-refractivity contribution is 7.11. The first-order valence-electron chi connectivity index (χ1n) is 6.80. The lowest BCUT2D eigenvalue weighted by molar-refractivity contribution is 0.0603. The van der Waals surface area contributed by atoms with Crippen LogP contribution in [-0.4, -0.2) is 23.5 Å². The maximum Gasteiger partial charge on any atom is 0.344 e. The van der Waals surface area contributed by atoms with Crippen LogP contribution in [0.2, 0.25) is 0 Å². The highest BCUT2D eigenvalue weighted by Gasteiger charge is 2.65. The van der Waals surface area contributed by atoms with Crippen molar-refractivity contribution in [2.75, 3.05) is 18.2 Å². The van der Waals surface area contributed by atoms with Crippen LogP contribution in [-0.2, 0) is 4.74 Å². The van der Waals surface area contributed by atoms with Crippen LogP contribution in [0, 0.1) is 23.7 Å². The van der Waals surface area contributed by atoms with E-state index in [2.05, 4.69) is 9.69 Å². The molecule has 0 spiro atoms. The van der Waals surface area contributed by atoms with E-state index < -0.39 is 5.97 Å². The van der Waals surface area contributed by atoms with Gasteiger partial charge in [0.15, 0.2) is 5.82 Å². The van der Waals surface area contributed by atoms with Crippen molar-refractivity contribution >= 4 is 28.3 Å². The third kappa shape index (κ3) is 1.52. The number of anilines is 2. The van der Waals surface area contributed by atoms with Crippen LogP contribution in [0.25, 0.3) is 0 Å². The van der Waals surface area contributed by atoms with E-state index in [1.165, 1.54) is 37.9 Å². The molecule has 1 aromatic rings. The van der Waals surface area contributed by atoms with Crippen molar-refractivity contribution in [1.29, 1.82) is 0 Å². The first-order chi connectivity index (χ1) is 9.20. The lowest BCUT2D eigenvalue weighted by Gasteiger charge is -2.11. The fourth-order valence-electron chi connectivity index (χ4n) is 4.37. The van der Waals surface area contributed by atoms with Crippen LogP contribution in [0.4, 0.5) is 10.8 Å². The summed E-state index contributed by atoms with van der Waals surface area (Å²) in [6.45, 7) is 0. The predicted octanol–water partition coefficient (Wildman–Crippen LogP) is 1.97. The Balaban J connectivity index is 1.54. The van der Waals surface area contributed by atoms with Gasteiger partial charge < -0.3 is 15.8 Å². The van der Waals surface area contributed by atoms with Gasteiger partial charge in [-0.15, -0.1) is 0 Å². The van der Waals surface area contributed by atoms with Gasteiger partial charge in [-0.3, -0.25) is 0 Å². The first-order valence-corrected chi connectivity index (χ1v) is 7.58. The summed E-state index contributed by atoms with van der Waals surface area (Å²) in [5.41, 5.74) is 6.16. The molecule has 3 aliphatic rings. The van der Waals surface area contributed by atoms with E-state index in [-0.39, 0.29) is 5.82 Å². The molecule has 2 bridgehead atoms. The fraction of sp³-hybridized carbons (Fsp3) is 0.692. The van der Waals surface area contributed by atoms with E-state index in [0.717, 1.165) is 28.7 Å². The highest BCUT2D eigenvalue weighted by atomic mass is 32.1. The van der Waals surface area contributed by atoms with Crippen LogP contribution < -0.4 is 11.1 Å². The molecule has 1 aromatic heterocycles. The highest BCUT2D eigenvalue weighted by Crippen LogP contribution is 2.66. The summed E-state index contributed by atoms with van der Waals surface area (Å²) in [5, 5.41) is 4.28. The molecule has 3 saturated carbocycles. The normalized spacial score (nSPS) is 38.1. The Hall–Kier alpha value is -1.30. The number of nitrogen functional groups attached to an aromatic ring is 1. The number of hydrogen-bond acceptors (Lipinski definition) is 6. The zero-order chi connectivity index (χ0) is 13.1. The fourth-order valence-corrected chi connectivity index (χ4v) is 5.12. The number of nitrogens with two attached hydrogens (primary N) is 1. The lowest BCUT2D eigenvalue weighted by atomic mass is 10.0. The maximum absolute atomic E-state index is 11.7. The van der Waals surface area contributed by atoms with Crippen LogP contribution in [0.15, 0.2) is 0 Å². The first kappa shape index (κ1) is 11.5. The Labute approximate surface area is 115 Å². The molecule has 1 heterocycles. The monoisotopic (exact) mass is 279 g/mol. The molecule has 3 fully saturated rings. The van der Waals surface area contributed by atoms with E-state index in [1.807, 2.05) is 0 Å². The molecule has 0 amide bonds. The van der Waals surface area contributed by atoms with Gasteiger partial charge in [0.2, 0.25) is 0 Å². The molecule has 0 aliphatic heterocycles. The van der Waals surface area contributed by atoms with Crippen molar-refractivity contribution in [2.45, 2.75) is 25.3 Å². The number of aromatic nitrogens is 1. The Bertz CT molecular complexity index is 528. The van der Waals surface area contributed by atoms with E-state index in [1.54, 1.807) is 0 Å². The van der Waals surface area contributed by atoms with Crippen LogP contribution >= 0.6 is 11.5 Å². The van der Waals surface area contributed by atoms with E-state index in [4.69, 9.17) is 10.5 Å². The van der Waals surface area contributed by atoms with Crippen LogP contribution in [0.3, 0.4) is 0 Å². The molecule has 5 nitrogen and oxygen atoms in total. The van der Waals surface area contributed by atoms with Crippen molar-refractivity contribution in [3.63, 3.8) is 0 Å². The van der Waals surface area contributed by atoms with Gasteiger partial charge in [0.05, 0.1) is 7.11 Å². The topological polar surface area (TPSA) is 77.2 Å². The number of carbonyl (C=O) groups is 1. The van der Waals surface area contributed by atoms with Gasteiger partial charge in [-0.2, -0.15) is 4.37 Å². The molecule has 3 N–H and O–H groups in total. The number of hydrogen-bond donors (Lipinski definition) is 2. The molecule has 4 atom stereocenters. The minimum atomic E-state index is -0.400. The minimum Gasteiger partial charge on any atom is -0.465 e. The molecule has 0 saturated heterocycles. The van der Waals surface area contributed by atoms with Gasteiger partial charge in [-0.25, -0.2) is 4.79 Å². The molecule has 6 heteroatoms. The molecule has 19 heavy (non-hydrogen) atoms. The Morgan fingerprint density at radius 1 is 1.42 bits per heavy atom. The average molecular weight is 279 g/mol. The molecule has 102 valence electrons. The number of ether oxygens (including phenoxy) is 1. The number of fused-ring (bicyclic) bond motifs is 5. The number of rotatable bonds is 3. The maximum atomic E-state index is 11.7. The van der Waals surface area contributed by atoms with Crippen molar-refractivity contribution in [3.05, 3.63) is 5.56 Å². The Morgan fingerprint density at radius 3 is 2.74 bits per heavy atom. The van der Waals surface area contributed by atoms with Gasteiger partial charge >= 0.3 is 5.97 Å². The molecule has 4 unspecified atom stereocenters. The average Bonchev–Trinajstić information content (AvgIpc) is 2.78. The van der Waals surface area contributed by atoms with Gasteiger partial charge in [0.1, 0.15) is 10.6 Å². The number of esters is 1. The van der Waals surface area contributed by atoms with Gasteiger partial charge in [-0.1, -0.05) is 0 Å². The largest absolute Gasteiger partial charge is 0.465 e. The third-order valence-corrected chi connectivity index (χ3v) is 5.93. The van der Waals surface area contributed by atoms with Gasteiger partial charge in [0.25, 0.3) is 0 Å². The second-order valence-corrected chi connectivity index (χ2v) is 6.69. The second kappa shape index (κ2) is 3.85. The standard InChI is InChI=1S/C13H17N3O2S/c1-18-13(17)9-11(14)16-19-12(9)15-10-7-5-2-3-6(4-5)8(7)10/h5-8,10,15H,2-4H2,1H3,(H2,14,16). The number of carbonyl (C=O) groups excluding carboxylic acids is 1. The molecule has 0 radical (unpaired) electrons. The smallest absolute Gasteiger partial charge is 0.344 e. The molecule has 3 aliphatic carbocycles. The summed E-state index contributed by atoms with van der Waals surface area (Å²) in [7, 11) is 1.37. The van der Waals surface area contributed by atoms with Crippen molar-refractivity contribution < 1.29 is 9.53 Å². The number of methoxy groups -OCH3 is 1. The quantitative estimate of drug-likeness (QED) is 0.827. The Morgan fingerprint density at radius 2 is 2.11 bits per heavy atom. The Kier molecular flexibility index (Phi) is 2.33. The minimum absolute atomic E-state index is 0.271. The molecular formula is C13H17N3O2S. The van der Waals surface area contributed by atoms with E-state index >= 15 is 0 Å². The SMILES string of the molecule is COC(=O)c1c(N)nsc1NC1C2C3CCC(C3)C12. The summed E-state index contributed by atoms with van der Waals surface area (Å²) in [4.78, 5) is 11.7. The summed E-state index contributed by atoms with van der Waals surface area (Å²) in [5.74, 6) is 3.30. The lowest BCUT2D eigenvalue weighted by Crippen LogP contribution is -2.14. The number of nitrogens with zero attached hydrogens (tertiary/aromatic N) is 1. The summed E-state index contributed by atoms with van der Waals surface area (Å²) >= 11 is 1.26. The summed E-state index contributed by atoms with van der Waals surface area (Å²) in [6, 6.07) is 0.523. The van der Waals surface area contributed by atoms with E-state index in [9.17, 15) is 4.79 Å². The third-order valence-electron chi connectivity index (χ3n) is 5.14. The zero-order valence-corrected chi connectivity index (χ0v) is 11.6. The van der Waals surface area contributed by atoms with Crippen molar-refractivity contribution in [3.8, 4) is 0 Å². The second-order valence-electron chi connectivity index (χ2n) is 5.92. The van der Waals surface area contributed by atoms with Crippen molar-refractivity contribution in [2.24, 2.45) is 23.7 Å². The van der Waals surface area contributed by atoms with Crippen LogP contribution in [0.5, 0.6) is 0 Å². The van der Waals surface area contributed by atoms with Gasteiger partial charge in [0, 0.05) is 6.04 Å². The van der Waals surface area contributed by atoms with Crippen molar-refractivity contribution in [1.82, 2.24) is 4.37 Å². The summed E-state index contributed by atoms with van der Waals surface area (Å²) in [6.07, 6.45) is 4.19.